The van der Waals surface area contributed by atoms with Crippen LogP contribution in [0, 0.1) is 11.2 Å². The van der Waals surface area contributed by atoms with Crippen LogP contribution in [0.25, 0.3) is 0 Å². The van der Waals surface area contributed by atoms with E-state index in [1.165, 1.54) is 0 Å². The molecule has 4 nitrogen and oxygen atoms in total. The zero-order valence-electron chi connectivity index (χ0n) is 17.1. The van der Waals surface area contributed by atoms with Crippen molar-refractivity contribution >= 4 is 35.8 Å². The first kappa shape index (κ1) is 21.6. The smallest absolute Gasteiger partial charge is 0.278 e. The van der Waals surface area contributed by atoms with Gasteiger partial charge < -0.3 is 4.31 Å². The molecule has 2 aromatic carbocycles. The van der Waals surface area contributed by atoms with Gasteiger partial charge in [0.2, 0.25) is 0 Å². The molecule has 0 unspecified atom stereocenters. The molecule has 8 heteroatoms. The van der Waals surface area contributed by atoms with Crippen LogP contribution in [0.1, 0.15) is 30.4 Å². The van der Waals surface area contributed by atoms with E-state index < -0.39 is 6.43 Å². The molecule has 1 saturated heterocycles. The SMILES string of the molecule is N#CB1CCC(SN(Cc2ccc(C3=NN=C(C(F)F)C3)cc2)c2ccccc2)CC1. The molecule has 0 amide bonds. The normalized spacial score (nSPS) is 16.8. The Morgan fingerprint density at radius 2 is 1.77 bits per heavy atom. The van der Waals surface area contributed by atoms with Gasteiger partial charge in [0.15, 0.2) is 0 Å². The van der Waals surface area contributed by atoms with Crippen molar-refractivity contribution in [2.75, 3.05) is 4.31 Å². The number of benzene rings is 2. The summed E-state index contributed by atoms with van der Waals surface area (Å²) in [6.45, 7) is 0.931. The lowest BCUT2D eigenvalue weighted by atomic mass is 9.43. The second-order valence-corrected chi connectivity index (χ2v) is 9.21. The second kappa shape index (κ2) is 10.1. The van der Waals surface area contributed by atoms with Gasteiger partial charge in [0.1, 0.15) is 5.71 Å². The third kappa shape index (κ3) is 5.53. The van der Waals surface area contributed by atoms with Gasteiger partial charge in [0, 0.05) is 23.3 Å². The first-order valence-electron chi connectivity index (χ1n) is 10.5. The summed E-state index contributed by atoms with van der Waals surface area (Å²) in [6, 6.07) is 18.2. The molecule has 158 valence electrons. The number of anilines is 1. The second-order valence-electron chi connectivity index (χ2n) is 7.89. The molecule has 0 atom stereocenters. The number of alkyl halides is 2. The van der Waals surface area contributed by atoms with Crippen molar-refractivity contribution in [3.63, 3.8) is 0 Å². The molecule has 0 aromatic heterocycles. The fourth-order valence-corrected chi connectivity index (χ4v) is 5.19. The van der Waals surface area contributed by atoms with Crippen molar-refractivity contribution in [3.8, 4) is 5.97 Å². The van der Waals surface area contributed by atoms with Gasteiger partial charge >= 0.3 is 0 Å². The maximum Gasteiger partial charge on any atom is 0.278 e. The van der Waals surface area contributed by atoms with Crippen molar-refractivity contribution in [1.82, 2.24) is 0 Å². The summed E-state index contributed by atoms with van der Waals surface area (Å²) in [5.41, 5.74) is 3.53. The quantitative estimate of drug-likeness (QED) is 0.403. The highest BCUT2D eigenvalue weighted by molar-refractivity contribution is 8.01. The molecule has 2 aliphatic heterocycles. The van der Waals surface area contributed by atoms with Gasteiger partial charge in [-0.25, -0.2) is 14.0 Å². The van der Waals surface area contributed by atoms with Crippen LogP contribution in [0.2, 0.25) is 12.6 Å². The molecule has 0 saturated carbocycles. The van der Waals surface area contributed by atoms with Crippen LogP contribution in [0.3, 0.4) is 0 Å². The van der Waals surface area contributed by atoms with Crippen LogP contribution in [0.5, 0.6) is 0 Å². The third-order valence-corrected chi connectivity index (χ3v) is 7.05. The van der Waals surface area contributed by atoms with Crippen molar-refractivity contribution in [2.45, 2.75) is 50.1 Å². The minimum atomic E-state index is -2.56. The molecule has 0 aliphatic carbocycles. The Balaban J connectivity index is 1.43. The molecule has 1 fully saturated rings. The number of nitrogens with zero attached hydrogens (tertiary/aromatic N) is 4. The van der Waals surface area contributed by atoms with Crippen molar-refractivity contribution in [1.29, 1.82) is 5.26 Å². The zero-order chi connectivity index (χ0) is 21.6. The highest BCUT2D eigenvalue weighted by atomic mass is 32.2. The number of hydrogen-bond donors (Lipinski definition) is 0. The summed E-state index contributed by atoms with van der Waals surface area (Å²) in [5, 5.41) is 17.2. The fraction of sp³-hybridized carbons (Fsp3) is 0.348. The topological polar surface area (TPSA) is 51.8 Å². The van der Waals surface area contributed by atoms with Crippen LogP contribution in [-0.4, -0.2) is 29.8 Å². The van der Waals surface area contributed by atoms with Gasteiger partial charge in [-0.2, -0.15) is 10.2 Å². The minimum Gasteiger partial charge on any atom is -0.312 e. The first-order chi connectivity index (χ1) is 15.1. The van der Waals surface area contributed by atoms with E-state index in [2.05, 4.69) is 32.6 Å². The molecule has 0 N–H and O–H groups in total. The molecule has 2 aromatic rings. The molecular formula is C23H23BF2N4S. The Labute approximate surface area is 186 Å². The summed E-state index contributed by atoms with van der Waals surface area (Å²) in [6.07, 6.45) is 1.59. The number of hydrogen-bond acceptors (Lipinski definition) is 5. The lowest BCUT2D eigenvalue weighted by molar-refractivity contribution is 0.224. The van der Waals surface area contributed by atoms with Gasteiger partial charge in [-0.1, -0.05) is 55.1 Å². The first-order valence-corrected chi connectivity index (χ1v) is 11.4. The molecule has 4 rings (SSSR count). The van der Waals surface area contributed by atoms with Crippen LogP contribution < -0.4 is 4.31 Å². The predicted octanol–water partition coefficient (Wildman–Crippen LogP) is 5.88. The standard InChI is InChI=1S/C23H23BF2N4S/c25-23(26)22-14-21(28-29-22)18-8-6-17(7-9-18)15-30(19-4-2-1-3-5-19)31-20-10-12-24(16-27)13-11-20/h1-9,20,23H,10-15H2. The van der Waals surface area contributed by atoms with Gasteiger partial charge in [0.25, 0.3) is 13.1 Å². The van der Waals surface area contributed by atoms with Crippen LogP contribution >= 0.6 is 11.9 Å². The third-order valence-electron chi connectivity index (χ3n) is 5.69. The van der Waals surface area contributed by atoms with E-state index in [1.807, 2.05) is 54.4 Å². The maximum atomic E-state index is 12.8. The molecule has 2 heterocycles. The van der Waals surface area contributed by atoms with Gasteiger partial charge in [-0.05, 0) is 48.0 Å². The monoisotopic (exact) mass is 436 g/mol. The molecule has 31 heavy (non-hydrogen) atoms. The Morgan fingerprint density at radius 1 is 1.06 bits per heavy atom. The molecule has 0 radical (unpaired) electrons. The number of nitriles is 1. The van der Waals surface area contributed by atoms with E-state index in [9.17, 15) is 8.78 Å². The average molecular weight is 436 g/mol. The lowest BCUT2D eigenvalue weighted by Crippen LogP contribution is -2.26. The number of rotatable bonds is 7. The van der Waals surface area contributed by atoms with Crippen molar-refractivity contribution in [3.05, 3.63) is 65.7 Å². The van der Waals surface area contributed by atoms with Crippen LogP contribution in [0.4, 0.5) is 14.5 Å². The summed E-state index contributed by atoms with van der Waals surface area (Å²) < 4.78 is 27.9. The van der Waals surface area contributed by atoms with Gasteiger partial charge in [0.05, 0.1) is 12.3 Å². The van der Waals surface area contributed by atoms with Crippen LogP contribution in [0.15, 0.2) is 64.8 Å². The van der Waals surface area contributed by atoms with Crippen LogP contribution in [-0.2, 0) is 6.54 Å². The van der Waals surface area contributed by atoms with Crippen molar-refractivity contribution < 1.29 is 8.78 Å². The highest BCUT2D eigenvalue weighted by Gasteiger charge is 2.27. The van der Waals surface area contributed by atoms with E-state index >= 15 is 0 Å². The number of halogens is 2. The Bertz CT molecular complexity index is 981. The fourth-order valence-electron chi connectivity index (χ4n) is 3.88. The minimum absolute atomic E-state index is 0.106. The Kier molecular flexibility index (Phi) is 7.03. The van der Waals surface area contributed by atoms with E-state index in [0.29, 0.717) is 11.0 Å². The van der Waals surface area contributed by atoms with E-state index in [1.54, 1.807) is 0 Å². The largest absolute Gasteiger partial charge is 0.312 e. The molecule has 0 spiro atoms. The average Bonchev–Trinajstić information content (AvgIpc) is 3.31. The predicted molar refractivity (Wildman–Crippen MR) is 125 cm³/mol. The lowest BCUT2D eigenvalue weighted by Gasteiger charge is -2.31. The molecule has 0 bridgehead atoms. The maximum absolute atomic E-state index is 12.8. The summed E-state index contributed by atoms with van der Waals surface area (Å²) >= 11 is 1.86. The van der Waals surface area contributed by atoms with Crippen molar-refractivity contribution in [2.24, 2.45) is 10.2 Å². The number of para-hydroxylation sites is 1. The van der Waals surface area contributed by atoms with Gasteiger partial charge in [-0.3, -0.25) is 0 Å². The Hall–Kier alpha value is -2.66. The summed E-state index contributed by atoms with van der Waals surface area (Å²) in [5.74, 6) is 2.40. The summed E-state index contributed by atoms with van der Waals surface area (Å²) in [4.78, 5) is 0. The summed E-state index contributed by atoms with van der Waals surface area (Å²) in [7, 11) is 0. The van der Waals surface area contributed by atoms with Gasteiger partial charge in [-0.15, -0.1) is 0 Å². The van der Waals surface area contributed by atoms with E-state index in [-0.39, 0.29) is 18.8 Å². The highest BCUT2D eigenvalue weighted by Crippen LogP contribution is 2.35. The molecular weight excluding hydrogens is 413 g/mol. The Morgan fingerprint density at radius 3 is 2.39 bits per heavy atom. The zero-order valence-corrected chi connectivity index (χ0v) is 17.9. The van der Waals surface area contributed by atoms with E-state index in [0.717, 1.165) is 48.8 Å². The molecule has 2 aliphatic rings. The van der Waals surface area contributed by atoms with E-state index in [4.69, 9.17) is 5.26 Å².